The molecule has 1 unspecified atom stereocenters. The van der Waals surface area contributed by atoms with Crippen molar-refractivity contribution < 1.29 is 4.74 Å². The SMILES string of the molecule is Cc1ncc(OC(C)N)cn1. The number of hydrogen-bond acceptors (Lipinski definition) is 4. The van der Waals surface area contributed by atoms with Gasteiger partial charge in [-0.05, 0) is 13.8 Å². The van der Waals surface area contributed by atoms with E-state index < -0.39 is 0 Å². The molecular weight excluding hydrogens is 142 g/mol. The lowest BCUT2D eigenvalue weighted by Crippen LogP contribution is -2.22. The van der Waals surface area contributed by atoms with Crippen molar-refractivity contribution in [2.45, 2.75) is 20.1 Å². The molecule has 0 fully saturated rings. The Morgan fingerprint density at radius 2 is 2.00 bits per heavy atom. The van der Waals surface area contributed by atoms with Crippen molar-refractivity contribution in [3.8, 4) is 5.75 Å². The van der Waals surface area contributed by atoms with Gasteiger partial charge in [0.15, 0.2) is 5.75 Å². The summed E-state index contributed by atoms with van der Waals surface area (Å²) in [5, 5.41) is 0. The molecular formula is C7H11N3O. The maximum absolute atomic E-state index is 5.38. The highest BCUT2D eigenvalue weighted by Crippen LogP contribution is 2.05. The number of aryl methyl sites for hydroxylation is 1. The van der Waals surface area contributed by atoms with Gasteiger partial charge in [-0.1, -0.05) is 0 Å². The van der Waals surface area contributed by atoms with Gasteiger partial charge in [0.05, 0.1) is 12.4 Å². The summed E-state index contributed by atoms with van der Waals surface area (Å²) in [5.74, 6) is 1.33. The van der Waals surface area contributed by atoms with Gasteiger partial charge in [0, 0.05) is 0 Å². The van der Waals surface area contributed by atoms with Gasteiger partial charge in [-0.15, -0.1) is 0 Å². The Bertz CT molecular complexity index is 220. The minimum absolute atomic E-state index is 0.318. The Kier molecular flexibility index (Phi) is 2.38. The Labute approximate surface area is 65.4 Å². The van der Waals surface area contributed by atoms with Crippen LogP contribution in [0, 0.1) is 6.92 Å². The van der Waals surface area contributed by atoms with Gasteiger partial charge < -0.3 is 4.74 Å². The summed E-state index contributed by atoms with van der Waals surface area (Å²) < 4.78 is 5.12. The summed E-state index contributed by atoms with van der Waals surface area (Å²) in [6.45, 7) is 3.56. The lowest BCUT2D eigenvalue weighted by atomic mass is 10.5. The molecule has 4 nitrogen and oxygen atoms in total. The number of hydrogen-bond donors (Lipinski definition) is 1. The standard InChI is InChI=1S/C7H11N3O/c1-5(8)11-7-3-9-6(2)10-4-7/h3-5H,8H2,1-2H3. The minimum atomic E-state index is -0.318. The van der Waals surface area contributed by atoms with E-state index in [1.54, 1.807) is 19.3 Å². The highest BCUT2D eigenvalue weighted by atomic mass is 16.5. The first-order valence-corrected chi connectivity index (χ1v) is 3.39. The smallest absolute Gasteiger partial charge is 0.158 e. The fourth-order valence-electron chi connectivity index (χ4n) is 0.656. The highest BCUT2D eigenvalue weighted by molar-refractivity contribution is 5.11. The van der Waals surface area contributed by atoms with Crippen molar-refractivity contribution in [3.63, 3.8) is 0 Å². The molecule has 1 aromatic rings. The Hall–Kier alpha value is -1.16. The van der Waals surface area contributed by atoms with E-state index in [0.29, 0.717) is 5.75 Å². The summed E-state index contributed by atoms with van der Waals surface area (Å²) in [6.07, 6.45) is 2.89. The summed E-state index contributed by atoms with van der Waals surface area (Å²) in [4.78, 5) is 7.88. The normalized spacial score (nSPS) is 12.6. The van der Waals surface area contributed by atoms with Crippen LogP contribution < -0.4 is 10.5 Å². The molecule has 1 aromatic heterocycles. The Morgan fingerprint density at radius 3 is 2.45 bits per heavy atom. The van der Waals surface area contributed by atoms with Crippen LogP contribution in [0.25, 0.3) is 0 Å². The third-order valence-corrected chi connectivity index (χ3v) is 1.08. The molecule has 1 rings (SSSR count). The molecule has 0 aliphatic rings. The van der Waals surface area contributed by atoms with Crippen molar-refractivity contribution in [1.29, 1.82) is 0 Å². The lowest BCUT2D eigenvalue weighted by Gasteiger charge is -2.07. The van der Waals surface area contributed by atoms with Gasteiger partial charge >= 0.3 is 0 Å². The van der Waals surface area contributed by atoms with Crippen molar-refractivity contribution >= 4 is 0 Å². The minimum Gasteiger partial charge on any atom is -0.473 e. The fraction of sp³-hybridized carbons (Fsp3) is 0.429. The topological polar surface area (TPSA) is 61.0 Å². The van der Waals surface area contributed by atoms with Crippen LogP contribution in [0.5, 0.6) is 5.75 Å². The number of nitrogens with zero attached hydrogens (tertiary/aromatic N) is 2. The van der Waals surface area contributed by atoms with Crippen molar-refractivity contribution in [2.75, 3.05) is 0 Å². The Balaban J connectivity index is 2.66. The number of nitrogens with two attached hydrogens (primary N) is 1. The Morgan fingerprint density at radius 1 is 1.45 bits per heavy atom. The molecule has 0 saturated heterocycles. The molecule has 0 spiro atoms. The molecule has 60 valence electrons. The van der Waals surface area contributed by atoms with Crippen LogP contribution >= 0.6 is 0 Å². The molecule has 0 saturated carbocycles. The van der Waals surface area contributed by atoms with Crippen molar-refractivity contribution in [2.24, 2.45) is 5.73 Å². The van der Waals surface area contributed by atoms with E-state index in [1.807, 2.05) is 6.92 Å². The van der Waals surface area contributed by atoms with E-state index in [4.69, 9.17) is 10.5 Å². The van der Waals surface area contributed by atoms with Crippen LogP contribution in [0.4, 0.5) is 0 Å². The summed E-state index contributed by atoms with van der Waals surface area (Å²) in [5.41, 5.74) is 5.38. The zero-order valence-electron chi connectivity index (χ0n) is 6.61. The first-order valence-electron chi connectivity index (χ1n) is 3.39. The summed E-state index contributed by atoms with van der Waals surface area (Å²) >= 11 is 0. The lowest BCUT2D eigenvalue weighted by molar-refractivity contribution is 0.228. The maximum Gasteiger partial charge on any atom is 0.158 e. The molecule has 0 amide bonds. The second-order valence-electron chi connectivity index (χ2n) is 2.29. The van der Waals surface area contributed by atoms with Gasteiger partial charge in [0.25, 0.3) is 0 Å². The first-order chi connectivity index (χ1) is 5.18. The molecule has 1 atom stereocenters. The van der Waals surface area contributed by atoms with Crippen LogP contribution in [0.1, 0.15) is 12.7 Å². The molecule has 2 N–H and O–H groups in total. The van der Waals surface area contributed by atoms with Gasteiger partial charge in [0.1, 0.15) is 12.1 Å². The first kappa shape index (κ1) is 7.94. The van der Waals surface area contributed by atoms with Crippen LogP contribution in [0.2, 0.25) is 0 Å². The predicted molar refractivity (Wildman–Crippen MR) is 41.0 cm³/mol. The van der Waals surface area contributed by atoms with E-state index >= 15 is 0 Å². The quantitative estimate of drug-likeness (QED) is 0.627. The van der Waals surface area contributed by atoms with Gasteiger partial charge in [-0.2, -0.15) is 0 Å². The van der Waals surface area contributed by atoms with Crippen molar-refractivity contribution in [1.82, 2.24) is 9.97 Å². The number of rotatable bonds is 2. The van der Waals surface area contributed by atoms with E-state index in [-0.39, 0.29) is 6.23 Å². The third kappa shape index (κ3) is 2.51. The fourth-order valence-corrected chi connectivity index (χ4v) is 0.656. The molecule has 0 aromatic carbocycles. The van der Waals surface area contributed by atoms with Crippen LogP contribution in [-0.2, 0) is 0 Å². The van der Waals surface area contributed by atoms with Gasteiger partial charge in [-0.3, -0.25) is 5.73 Å². The summed E-state index contributed by atoms with van der Waals surface area (Å²) in [6, 6.07) is 0. The second kappa shape index (κ2) is 3.30. The molecule has 0 aliphatic carbocycles. The zero-order chi connectivity index (χ0) is 8.27. The third-order valence-electron chi connectivity index (χ3n) is 1.08. The van der Waals surface area contributed by atoms with E-state index in [2.05, 4.69) is 9.97 Å². The molecule has 4 heteroatoms. The van der Waals surface area contributed by atoms with Crippen LogP contribution in [0.3, 0.4) is 0 Å². The molecule has 1 heterocycles. The monoisotopic (exact) mass is 153 g/mol. The van der Waals surface area contributed by atoms with Crippen LogP contribution in [-0.4, -0.2) is 16.2 Å². The van der Waals surface area contributed by atoms with Gasteiger partial charge in [-0.25, -0.2) is 9.97 Å². The summed E-state index contributed by atoms with van der Waals surface area (Å²) in [7, 11) is 0. The van der Waals surface area contributed by atoms with E-state index in [0.717, 1.165) is 5.82 Å². The second-order valence-corrected chi connectivity index (χ2v) is 2.29. The average molecular weight is 153 g/mol. The number of ether oxygens (including phenoxy) is 1. The van der Waals surface area contributed by atoms with E-state index in [1.165, 1.54) is 0 Å². The molecule has 0 aliphatic heterocycles. The van der Waals surface area contributed by atoms with Crippen LogP contribution in [0.15, 0.2) is 12.4 Å². The highest BCUT2D eigenvalue weighted by Gasteiger charge is 1.96. The largest absolute Gasteiger partial charge is 0.473 e. The van der Waals surface area contributed by atoms with Gasteiger partial charge in [0.2, 0.25) is 0 Å². The number of aromatic nitrogens is 2. The maximum atomic E-state index is 5.38. The predicted octanol–water partition coefficient (Wildman–Crippen LogP) is 0.469. The average Bonchev–Trinajstić information content (AvgIpc) is 1.93. The zero-order valence-corrected chi connectivity index (χ0v) is 6.61. The molecule has 0 bridgehead atoms. The van der Waals surface area contributed by atoms with Crippen molar-refractivity contribution in [3.05, 3.63) is 18.2 Å². The van der Waals surface area contributed by atoms with E-state index in [9.17, 15) is 0 Å². The molecule has 0 radical (unpaired) electrons. The molecule has 11 heavy (non-hydrogen) atoms.